The first-order valence-corrected chi connectivity index (χ1v) is 6.35. The highest BCUT2D eigenvalue weighted by molar-refractivity contribution is 5.87. The summed E-state index contributed by atoms with van der Waals surface area (Å²) in [4.78, 5) is 18.1. The third kappa shape index (κ3) is 2.98. The van der Waals surface area contributed by atoms with E-state index in [4.69, 9.17) is 10.5 Å². The topological polar surface area (TPSA) is 68.5 Å². The number of piperidine rings is 1. The molecule has 1 aromatic heterocycles. The van der Waals surface area contributed by atoms with Gasteiger partial charge in [-0.15, -0.1) is 0 Å². The molecule has 5 nitrogen and oxygen atoms in total. The smallest absolute Gasteiger partial charge is 0.356 e. The number of carbonyl (C=O) groups excluding carboxylic acids is 1. The Morgan fingerprint density at radius 3 is 2.89 bits per heavy atom. The summed E-state index contributed by atoms with van der Waals surface area (Å²) >= 11 is 0. The number of nitrogens with zero attached hydrogens (tertiary/aromatic N) is 2. The second-order valence-electron chi connectivity index (χ2n) is 4.43. The molecule has 2 N–H and O–H groups in total. The number of esters is 1. The minimum atomic E-state index is -0.368. The average molecular weight is 249 g/mol. The van der Waals surface area contributed by atoms with Crippen molar-refractivity contribution in [3.63, 3.8) is 0 Å². The minimum absolute atomic E-state index is 0.287. The van der Waals surface area contributed by atoms with E-state index in [1.807, 2.05) is 12.1 Å². The zero-order valence-electron chi connectivity index (χ0n) is 10.6. The summed E-state index contributed by atoms with van der Waals surface area (Å²) in [6.07, 6.45) is 1.93. The van der Waals surface area contributed by atoms with Crippen LogP contribution in [0.25, 0.3) is 0 Å². The second-order valence-corrected chi connectivity index (χ2v) is 4.43. The molecule has 5 heteroatoms. The number of anilines is 1. The summed E-state index contributed by atoms with van der Waals surface area (Å²) < 4.78 is 4.95. The summed E-state index contributed by atoms with van der Waals surface area (Å²) in [5, 5.41) is 0. The molecule has 1 aliphatic rings. The Hall–Kier alpha value is -1.62. The molecule has 0 aliphatic carbocycles. The van der Waals surface area contributed by atoms with Crippen LogP contribution in [-0.2, 0) is 4.74 Å². The van der Waals surface area contributed by atoms with Crippen LogP contribution < -0.4 is 10.6 Å². The Bertz CT molecular complexity index is 414. The summed E-state index contributed by atoms with van der Waals surface area (Å²) in [5.74, 6) is 0.459. The first-order chi connectivity index (χ1) is 8.70. The molecule has 1 saturated heterocycles. The van der Waals surface area contributed by atoms with E-state index in [0.29, 0.717) is 12.3 Å². The van der Waals surface area contributed by atoms with Gasteiger partial charge in [-0.25, -0.2) is 9.78 Å². The molecule has 0 saturated carbocycles. The van der Waals surface area contributed by atoms with E-state index in [1.165, 1.54) is 0 Å². The van der Waals surface area contributed by atoms with Crippen LogP contribution in [0.15, 0.2) is 18.2 Å². The predicted molar refractivity (Wildman–Crippen MR) is 69.6 cm³/mol. The summed E-state index contributed by atoms with van der Waals surface area (Å²) in [6.45, 7) is 3.93. The number of aromatic nitrogens is 1. The maximum absolute atomic E-state index is 11.6. The van der Waals surface area contributed by atoms with Gasteiger partial charge in [0.1, 0.15) is 5.82 Å². The van der Waals surface area contributed by atoms with Crippen molar-refractivity contribution in [3.05, 3.63) is 23.9 Å². The number of nitrogens with two attached hydrogens (primary N) is 1. The van der Waals surface area contributed by atoms with Crippen LogP contribution in [0.1, 0.15) is 30.3 Å². The molecule has 0 unspecified atom stereocenters. The lowest BCUT2D eigenvalue weighted by atomic mass is 10.1. The van der Waals surface area contributed by atoms with E-state index in [9.17, 15) is 4.79 Å². The van der Waals surface area contributed by atoms with E-state index in [0.717, 1.165) is 31.7 Å². The molecule has 18 heavy (non-hydrogen) atoms. The van der Waals surface area contributed by atoms with Gasteiger partial charge in [-0.2, -0.15) is 0 Å². The maximum atomic E-state index is 11.6. The molecule has 0 radical (unpaired) electrons. The van der Waals surface area contributed by atoms with Crippen molar-refractivity contribution in [2.24, 2.45) is 5.73 Å². The van der Waals surface area contributed by atoms with Crippen molar-refractivity contribution >= 4 is 11.8 Å². The Morgan fingerprint density at radius 2 is 2.22 bits per heavy atom. The van der Waals surface area contributed by atoms with Gasteiger partial charge >= 0.3 is 5.97 Å². The molecule has 0 amide bonds. The van der Waals surface area contributed by atoms with Gasteiger partial charge in [0.2, 0.25) is 0 Å². The largest absolute Gasteiger partial charge is 0.461 e. The highest BCUT2D eigenvalue weighted by Crippen LogP contribution is 2.17. The molecule has 0 aromatic carbocycles. The van der Waals surface area contributed by atoms with Gasteiger partial charge in [0, 0.05) is 19.1 Å². The van der Waals surface area contributed by atoms with Crippen molar-refractivity contribution in [2.45, 2.75) is 25.8 Å². The number of ether oxygens (including phenoxy) is 1. The van der Waals surface area contributed by atoms with Crippen LogP contribution in [0.4, 0.5) is 5.82 Å². The van der Waals surface area contributed by atoms with Gasteiger partial charge in [-0.3, -0.25) is 0 Å². The van der Waals surface area contributed by atoms with Crippen LogP contribution in [0, 0.1) is 0 Å². The van der Waals surface area contributed by atoms with E-state index in [1.54, 1.807) is 13.0 Å². The standard InChI is InChI=1S/C13H19N3O2/c1-2-18-13(17)11-4-3-5-12(15-11)16-8-6-10(14)7-9-16/h3-5,10H,2,6-9,14H2,1H3. The normalized spacial score (nSPS) is 16.7. The van der Waals surface area contributed by atoms with Gasteiger partial charge in [-0.05, 0) is 31.9 Å². The molecule has 2 rings (SSSR count). The fourth-order valence-corrected chi connectivity index (χ4v) is 2.05. The monoisotopic (exact) mass is 249 g/mol. The molecule has 1 aromatic rings. The van der Waals surface area contributed by atoms with Gasteiger partial charge < -0.3 is 15.4 Å². The number of hydrogen-bond donors (Lipinski definition) is 1. The first kappa shape index (κ1) is 12.8. The number of carbonyl (C=O) groups is 1. The predicted octanol–water partition coefficient (Wildman–Crippen LogP) is 1.19. The van der Waals surface area contributed by atoms with Crippen molar-refractivity contribution < 1.29 is 9.53 Å². The molecule has 1 fully saturated rings. The lowest BCUT2D eigenvalue weighted by molar-refractivity contribution is 0.0519. The van der Waals surface area contributed by atoms with E-state index < -0.39 is 0 Å². The van der Waals surface area contributed by atoms with E-state index in [-0.39, 0.29) is 12.0 Å². The molecule has 2 heterocycles. The maximum Gasteiger partial charge on any atom is 0.356 e. The van der Waals surface area contributed by atoms with Gasteiger partial charge in [-0.1, -0.05) is 6.07 Å². The molecule has 0 bridgehead atoms. The van der Waals surface area contributed by atoms with Crippen LogP contribution in [0.3, 0.4) is 0 Å². The number of hydrogen-bond acceptors (Lipinski definition) is 5. The molecule has 1 aliphatic heterocycles. The lowest BCUT2D eigenvalue weighted by Gasteiger charge is -2.31. The Kier molecular flexibility index (Phi) is 4.15. The Morgan fingerprint density at radius 1 is 1.50 bits per heavy atom. The lowest BCUT2D eigenvalue weighted by Crippen LogP contribution is -2.40. The highest BCUT2D eigenvalue weighted by atomic mass is 16.5. The zero-order chi connectivity index (χ0) is 13.0. The van der Waals surface area contributed by atoms with E-state index in [2.05, 4.69) is 9.88 Å². The fourth-order valence-electron chi connectivity index (χ4n) is 2.05. The molecule has 0 spiro atoms. The van der Waals surface area contributed by atoms with Gasteiger partial charge in [0.15, 0.2) is 5.69 Å². The van der Waals surface area contributed by atoms with Crippen LogP contribution in [0.5, 0.6) is 0 Å². The summed E-state index contributed by atoms with van der Waals surface area (Å²) in [6, 6.07) is 5.72. The summed E-state index contributed by atoms with van der Waals surface area (Å²) in [7, 11) is 0. The molecule has 0 atom stereocenters. The minimum Gasteiger partial charge on any atom is -0.461 e. The van der Waals surface area contributed by atoms with Gasteiger partial charge in [0.05, 0.1) is 6.61 Å². The van der Waals surface area contributed by atoms with Crippen molar-refractivity contribution in [1.29, 1.82) is 0 Å². The van der Waals surface area contributed by atoms with Crippen molar-refractivity contribution in [1.82, 2.24) is 4.98 Å². The number of pyridine rings is 1. The molecular formula is C13H19N3O2. The SMILES string of the molecule is CCOC(=O)c1cccc(N2CCC(N)CC2)n1. The highest BCUT2D eigenvalue weighted by Gasteiger charge is 2.18. The van der Waals surface area contributed by atoms with Crippen LogP contribution in [-0.4, -0.2) is 36.7 Å². The second kappa shape index (κ2) is 5.82. The van der Waals surface area contributed by atoms with Crippen LogP contribution >= 0.6 is 0 Å². The first-order valence-electron chi connectivity index (χ1n) is 6.35. The van der Waals surface area contributed by atoms with Crippen molar-refractivity contribution in [2.75, 3.05) is 24.6 Å². The molecular weight excluding hydrogens is 230 g/mol. The fraction of sp³-hybridized carbons (Fsp3) is 0.538. The van der Waals surface area contributed by atoms with Crippen molar-refractivity contribution in [3.8, 4) is 0 Å². The zero-order valence-corrected chi connectivity index (χ0v) is 10.6. The van der Waals surface area contributed by atoms with Gasteiger partial charge in [0.25, 0.3) is 0 Å². The molecule has 98 valence electrons. The third-order valence-corrected chi connectivity index (χ3v) is 3.08. The Balaban J connectivity index is 2.09. The third-order valence-electron chi connectivity index (χ3n) is 3.08. The quantitative estimate of drug-likeness (QED) is 0.815. The average Bonchev–Trinajstić information content (AvgIpc) is 2.40. The number of rotatable bonds is 3. The summed E-state index contributed by atoms with van der Waals surface area (Å²) in [5.41, 5.74) is 6.24. The van der Waals surface area contributed by atoms with E-state index >= 15 is 0 Å². The Labute approximate surface area is 107 Å². The van der Waals surface area contributed by atoms with Crippen LogP contribution in [0.2, 0.25) is 0 Å².